The summed E-state index contributed by atoms with van der Waals surface area (Å²) in [6, 6.07) is 5.79. The maximum atomic E-state index is 12.1. The molecule has 1 amide bonds. The Hall–Kier alpha value is -1.76. The molecule has 0 spiro atoms. The first-order valence-corrected chi connectivity index (χ1v) is 5.99. The molecule has 2 rings (SSSR count). The molecule has 0 unspecified atom stereocenters. The molecule has 0 atom stereocenters. The molecule has 0 aliphatic heterocycles. The predicted molar refractivity (Wildman–Crippen MR) is 61.7 cm³/mol. The largest absolute Gasteiger partial charge is 0.467 e. The molecule has 4 nitrogen and oxygen atoms in total. The third kappa shape index (κ3) is 2.50. The van der Waals surface area contributed by atoms with Gasteiger partial charge in [-0.15, -0.1) is 0 Å². The van der Waals surface area contributed by atoms with E-state index in [0.29, 0.717) is 25.1 Å². The van der Waals surface area contributed by atoms with Gasteiger partial charge in [-0.3, -0.25) is 4.79 Å². The van der Waals surface area contributed by atoms with Crippen molar-refractivity contribution >= 4 is 5.91 Å². The minimum atomic E-state index is -0.815. The van der Waals surface area contributed by atoms with E-state index in [1.807, 2.05) is 0 Å². The summed E-state index contributed by atoms with van der Waals surface area (Å²) in [4.78, 5) is 12.1. The number of hydrogen-bond acceptors (Lipinski definition) is 3. The van der Waals surface area contributed by atoms with Gasteiger partial charge in [-0.2, -0.15) is 5.26 Å². The van der Waals surface area contributed by atoms with Gasteiger partial charge in [-0.05, 0) is 25.0 Å². The summed E-state index contributed by atoms with van der Waals surface area (Å²) in [7, 11) is 0. The quantitative estimate of drug-likeness (QED) is 0.870. The third-order valence-corrected chi connectivity index (χ3v) is 3.36. The lowest BCUT2D eigenvalue weighted by molar-refractivity contribution is -0.129. The van der Waals surface area contributed by atoms with E-state index in [2.05, 4.69) is 11.4 Å². The highest BCUT2D eigenvalue weighted by Crippen LogP contribution is 2.35. The first kappa shape index (κ1) is 11.7. The summed E-state index contributed by atoms with van der Waals surface area (Å²) in [5.74, 6) is 0.554. The molecule has 1 aromatic heterocycles. The van der Waals surface area contributed by atoms with Gasteiger partial charge in [0.2, 0.25) is 5.91 Å². The number of carbonyl (C=O) groups excluding carboxylic acids is 1. The highest BCUT2D eigenvalue weighted by molar-refractivity contribution is 5.85. The summed E-state index contributed by atoms with van der Waals surface area (Å²) in [6.07, 6.45) is 5.96. The zero-order valence-corrected chi connectivity index (χ0v) is 9.74. The number of nitriles is 1. The SMILES string of the molecule is N#CC1(C(=O)NCc2ccco2)CCCCC1. The third-order valence-electron chi connectivity index (χ3n) is 3.36. The second-order valence-corrected chi connectivity index (χ2v) is 4.52. The molecule has 1 N–H and O–H groups in total. The van der Waals surface area contributed by atoms with E-state index in [9.17, 15) is 10.1 Å². The van der Waals surface area contributed by atoms with Crippen LogP contribution in [0.1, 0.15) is 37.9 Å². The van der Waals surface area contributed by atoms with Gasteiger partial charge in [-0.1, -0.05) is 19.3 Å². The van der Waals surface area contributed by atoms with Crippen LogP contribution in [0.3, 0.4) is 0 Å². The number of amides is 1. The standard InChI is InChI=1S/C13H16N2O2/c14-10-13(6-2-1-3-7-13)12(16)15-9-11-5-4-8-17-11/h4-5,8H,1-3,6-7,9H2,(H,15,16). The Morgan fingerprint density at radius 3 is 2.82 bits per heavy atom. The van der Waals surface area contributed by atoms with Gasteiger partial charge in [0.25, 0.3) is 0 Å². The van der Waals surface area contributed by atoms with Crippen LogP contribution in [0.4, 0.5) is 0 Å². The summed E-state index contributed by atoms with van der Waals surface area (Å²) < 4.78 is 5.14. The fraction of sp³-hybridized carbons (Fsp3) is 0.538. The Balaban J connectivity index is 1.96. The molecule has 1 aliphatic carbocycles. The van der Waals surface area contributed by atoms with Crippen LogP contribution in [0.5, 0.6) is 0 Å². The van der Waals surface area contributed by atoms with Crippen molar-refractivity contribution in [3.8, 4) is 6.07 Å². The Kier molecular flexibility index (Phi) is 3.48. The van der Waals surface area contributed by atoms with Crippen LogP contribution in [0.15, 0.2) is 22.8 Å². The molecule has 0 radical (unpaired) electrons. The highest BCUT2D eigenvalue weighted by Gasteiger charge is 2.39. The number of carbonyl (C=O) groups is 1. The van der Waals surface area contributed by atoms with Gasteiger partial charge >= 0.3 is 0 Å². The highest BCUT2D eigenvalue weighted by atomic mass is 16.3. The van der Waals surface area contributed by atoms with Crippen molar-refractivity contribution in [2.24, 2.45) is 5.41 Å². The lowest BCUT2D eigenvalue weighted by atomic mass is 9.74. The molecular formula is C13H16N2O2. The topological polar surface area (TPSA) is 66.0 Å². The van der Waals surface area contributed by atoms with Gasteiger partial charge in [0, 0.05) is 0 Å². The number of rotatable bonds is 3. The average Bonchev–Trinajstić information content (AvgIpc) is 2.90. The zero-order valence-electron chi connectivity index (χ0n) is 9.74. The van der Waals surface area contributed by atoms with Crippen molar-refractivity contribution in [2.75, 3.05) is 0 Å². The van der Waals surface area contributed by atoms with Crippen LogP contribution in [-0.4, -0.2) is 5.91 Å². The second kappa shape index (κ2) is 5.05. The maximum Gasteiger partial charge on any atom is 0.240 e. The maximum absolute atomic E-state index is 12.1. The molecule has 17 heavy (non-hydrogen) atoms. The van der Waals surface area contributed by atoms with Gasteiger partial charge in [0.05, 0.1) is 18.9 Å². The van der Waals surface area contributed by atoms with E-state index >= 15 is 0 Å². The summed E-state index contributed by atoms with van der Waals surface area (Å²) in [6.45, 7) is 0.356. The smallest absolute Gasteiger partial charge is 0.240 e. The van der Waals surface area contributed by atoms with Gasteiger partial charge in [0.15, 0.2) is 0 Å². The Bertz CT molecular complexity index is 411. The van der Waals surface area contributed by atoms with E-state index in [1.54, 1.807) is 18.4 Å². The Morgan fingerprint density at radius 1 is 1.47 bits per heavy atom. The van der Waals surface area contributed by atoms with Crippen LogP contribution < -0.4 is 5.32 Å². The van der Waals surface area contributed by atoms with Crippen LogP contribution in [0.2, 0.25) is 0 Å². The first-order chi connectivity index (χ1) is 8.27. The molecule has 0 bridgehead atoms. The second-order valence-electron chi connectivity index (χ2n) is 4.52. The first-order valence-electron chi connectivity index (χ1n) is 5.99. The molecule has 1 fully saturated rings. The zero-order chi connectivity index (χ0) is 12.1. The van der Waals surface area contributed by atoms with Gasteiger partial charge < -0.3 is 9.73 Å². The number of nitrogens with one attached hydrogen (secondary N) is 1. The molecule has 0 aromatic carbocycles. The van der Waals surface area contributed by atoms with E-state index < -0.39 is 5.41 Å². The van der Waals surface area contributed by atoms with Crippen LogP contribution in [0.25, 0.3) is 0 Å². The summed E-state index contributed by atoms with van der Waals surface area (Å²) in [5.41, 5.74) is -0.815. The minimum absolute atomic E-state index is 0.156. The molecule has 90 valence electrons. The van der Waals surface area contributed by atoms with E-state index in [-0.39, 0.29) is 5.91 Å². The summed E-state index contributed by atoms with van der Waals surface area (Å²) >= 11 is 0. The van der Waals surface area contributed by atoms with Crippen molar-refractivity contribution in [1.29, 1.82) is 5.26 Å². The molecule has 1 aliphatic rings. The van der Waals surface area contributed by atoms with Crippen LogP contribution >= 0.6 is 0 Å². The normalized spacial score (nSPS) is 18.3. The molecule has 4 heteroatoms. The molecule has 1 saturated carbocycles. The van der Waals surface area contributed by atoms with Crippen molar-refractivity contribution in [3.63, 3.8) is 0 Å². The summed E-state index contributed by atoms with van der Waals surface area (Å²) in [5, 5.41) is 12.0. The fourth-order valence-corrected chi connectivity index (χ4v) is 2.29. The molecular weight excluding hydrogens is 216 g/mol. The number of hydrogen-bond donors (Lipinski definition) is 1. The van der Waals surface area contributed by atoms with E-state index in [0.717, 1.165) is 19.3 Å². The molecule has 1 aromatic rings. The van der Waals surface area contributed by atoms with Gasteiger partial charge in [-0.25, -0.2) is 0 Å². The van der Waals surface area contributed by atoms with Crippen LogP contribution in [0, 0.1) is 16.7 Å². The Labute approximate surface area is 101 Å². The van der Waals surface area contributed by atoms with Crippen molar-refractivity contribution in [2.45, 2.75) is 38.6 Å². The van der Waals surface area contributed by atoms with E-state index in [4.69, 9.17) is 4.42 Å². The number of furan rings is 1. The fourth-order valence-electron chi connectivity index (χ4n) is 2.29. The van der Waals surface area contributed by atoms with Crippen molar-refractivity contribution in [1.82, 2.24) is 5.32 Å². The van der Waals surface area contributed by atoms with Crippen LogP contribution in [-0.2, 0) is 11.3 Å². The lowest BCUT2D eigenvalue weighted by Gasteiger charge is -2.28. The minimum Gasteiger partial charge on any atom is -0.467 e. The average molecular weight is 232 g/mol. The lowest BCUT2D eigenvalue weighted by Crippen LogP contribution is -2.41. The Morgan fingerprint density at radius 2 is 2.24 bits per heavy atom. The van der Waals surface area contributed by atoms with Crippen molar-refractivity contribution < 1.29 is 9.21 Å². The molecule has 1 heterocycles. The van der Waals surface area contributed by atoms with Crippen molar-refractivity contribution in [3.05, 3.63) is 24.2 Å². The predicted octanol–water partition coefficient (Wildman–Crippen LogP) is 2.37. The molecule has 0 saturated heterocycles. The van der Waals surface area contributed by atoms with E-state index in [1.165, 1.54) is 0 Å². The van der Waals surface area contributed by atoms with Gasteiger partial charge in [0.1, 0.15) is 11.2 Å². The monoisotopic (exact) mass is 232 g/mol. The number of nitrogens with zero attached hydrogens (tertiary/aromatic N) is 1.